The van der Waals surface area contributed by atoms with Crippen LogP contribution in [0, 0.1) is 0 Å². The predicted octanol–water partition coefficient (Wildman–Crippen LogP) is 2.71. The van der Waals surface area contributed by atoms with Crippen LogP contribution in [0.25, 0.3) is 22.4 Å². The van der Waals surface area contributed by atoms with Gasteiger partial charge in [-0.05, 0) is 34.0 Å². The highest BCUT2D eigenvalue weighted by molar-refractivity contribution is 5.69. The maximum Gasteiger partial charge on any atom is 0.246 e. The van der Waals surface area contributed by atoms with Crippen LogP contribution in [-0.4, -0.2) is 25.1 Å². The zero-order valence-corrected chi connectivity index (χ0v) is 13.9. The summed E-state index contributed by atoms with van der Waals surface area (Å²) in [5.74, 6) is 0.667. The fourth-order valence-electron chi connectivity index (χ4n) is 2.72. The molecular formula is C17H19N6O+. The molecule has 0 aliphatic rings. The molecule has 0 radical (unpaired) electrons. The number of aromatic nitrogens is 6. The quantitative estimate of drug-likeness (QED) is 0.584. The first kappa shape index (κ1) is 14.7. The first-order valence-corrected chi connectivity index (χ1v) is 8.05. The van der Waals surface area contributed by atoms with Gasteiger partial charge in [0.15, 0.2) is 11.9 Å². The van der Waals surface area contributed by atoms with E-state index in [1.165, 1.54) is 12.0 Å². The van der Waals surface area contributed by atoms with E-state index in [0.29, 0.717) is 18.2 Å². The fraction of sp³-hybridized carbons (Fsp3) is 0.353. The molecule has 0 amide bonds. The van der Waals surface area contributed by atoms with Gasteiger partial charge in [0, 0.05) is 23.4 Å². The number of oxazole rings is 1. The highest BCUT2D eigenvalue weighted by Crippen LogP contribution is 2.19. The highest BCUT2D eigenvalue weighted by Gasteiger charge is 2.18. The first-order chi connectivity index (χ1) is 11.6. The van der Waals surface area contributed by atoms with Crippen LogP contribution in [0.5, 0.6) is 0 Å². The number of hydrogen-bond donors (Lipinski definition) is 1. The van der Waals surface area contributed by atoms with Crippen molar-refractivity contribution >= 4 is 22.4 Å². The summed E-state index contributed by atoms with van der Waals surface area (Å²) in [5, 5.41) is 7.85. The van der Waals surface area contributed by atoms with E-state index in [1.54, 1.807) is 0 Å². The van der Waals surface area contributed by atoms with E-state index in [-0.39, 0.29) is 5.92 Å². The van der Waals surface area contributed by atoms with Gasteiger partial charge in [0.05, 0.1) is 0 Å². The van der Waals surface area contributed by atoms with Crippen LogP contribution < -0.4 is 4.80 Å². The Balaban J connectivity index is 1.60. The number of aromatic amines is 1. The number of H-pyrrole nitrogens is 1. The smallest absolute Gasteiger partial charge is 0.246 e. The minimum atomic E-state index is 0.230. The van der Waals surface area contributed by atoms with E-state index in [4.69, 9.17) is 4.42 Å². The summed E-state index contributed by atoms with van der Waals surface area (Å²) >= 11 is 0. The fourth-order valence-corrected chi connectivity index (χ4v) is 2.72. The second-order valence-electron chi connectivity index (χ2n) is 6.43. The Morgan fingerprint density at radius 1 is 1.04 bits per heavy atom. The molecule has 0 aromatic carbocycles. The Labute approximate surface area is 138 Å². The highest BCUT2D eigenvalue weighted by atomic mass is 16.3. The monoisotopic (exact) mass is 323 g/mol. The number of pyridine rings is 2. The largest absolute Gasteiger partial charge is 0.425 e. The van der Waals surface area contributed by atoms with E-state index in [1.807, 2.05) is 23.3 Å². The molecule has 1 unspecified atom stereocenters. The van der Waals surface area contributed by atoms with E-state index in [9.17, 15) is 0 Å². The molecule has 7 nitrogen and oxygen atoms in total. The second-order valence-corrected chi connectivity index (χ2v) is 6.43. The van der Waals surface area contributed by atoms with Crippen molar-refractivity contribution in [1.29, 1.82) is 0 Å². The first-order valence-electron chi connectivity index (χ1n) is 8.05. The predicted molar refractivity (Wildman–Crippen MR) is 88.4 cm³/mol. The van der Waals surface area contributed by atoms with Crippen LogP contribution in [-0.2, 0) is 6.54 Å². The van der Waals surface area contributed by atoms with E-state index in [2.05, 4.69) is 52.0 Å². The summed E-state index contributed by atoms with van der Waals surface area (Å²) in [4.78, 5) is 14.8. The van der Waals surface area contributed by atoms with Crippen LogP contribution in [0.4, 0.5) is 0 Å². The third-order valence-corrected chi connectivity index (χ3v) is 4.24. The molecule has 1 N–H and O–H groups in total. The lowest BCUT2D eigenvalue weighted by Crippen LogP contribution is -2.41. The maximum atomic E-state index is 5.19. The summed E-state index contributed by atoms with van der Waals surface area (Å²) in [6.07, 6.45) is 5.15. The molecule has 0 fully saturated rings. The van der Waals surface area contributed by atoms with Crippen molar-refractivity contribution in [2.75, 3.05) is 0 Å². The minimum Gasteiger partial charge on any atom is -0.425 e. The summed E-state index contributed by atoms with van der Waals surface area (Å²) in [6, 6.07) is 4.10. The molecule has 4 rings (SSSR count). The third-order valence-electron chi connectivity index (χ3n) is 4.24. The molecule has 4 heterocycles. The normalized spacial score (nSPS) is 13.2. The molecule has 0 aliphatic carbocycles. The van der Waals surface area contributed by atoms with Crippen molar-refractivity contribution in [3.63, 3.8) is 0 Å². The SMILES string of the molecule is CC(C)c1cnc2[nH][n+](CC(C)c3cnc4ocnc4c3)nc2c1. The van der Waals surface area contributed by atoms with Gasteiger partial charge in [0.2, 0.25) is 17.9 Å². The van der Waals surface area contributed by atoms with Crippen LogP contribution in [0.3, 0.4) is 0 Å². The molecule has 24 heavy (non-hydrogen) atoms. The molecular weight excluding hydrogens is 304 g/mol. The van der Waals surface area contributed by atoms with Crippen molar-refractivity contribution < 1.29 is 9.21 Å². The summed E-state index contributed by atoms with van der Waals surface area (Å²) < 4.78 is 5.19. The molecule has 1 atom stereocenters. The van der Waals surface area contributed by atoms with Crippen LogP contribution in [0.15, 0.2) is 35.3 Å². The second kappa shape index (κ2) is 5.67. The van der Waals surface area contributed by atoms with Gasteiger partial charge in [0.1, 0.15) is 5.52 Å². The zero-order chi connectivity index (χ0) is 16.7. The lowest BCUT2D eigenvalue weighted by Gasteiger charge is -2.04. The Hall–Kier alpha value is -2.83. The molecule has 4 aromatic heterocycles. The lowest BCUT2D eigenvalue weighted by molar-refractivity contribution is -0.802. The lowest BCUT2D eigenvalue weighted by atomic mass is 10.0. The standard InChI is InChI=1S/C17H18N6O/c1-10(2)12-4-14-16(18-6-12)22-23(21-14)8-11(3)13-5-15-17(19-7-13)24-9-20-15/h4-7,9-11H,8H2,1-3H3/p+1. The van der Waals surface area contributed by atoms with Crippen molar-refractivity contribution in [3.05, 3.63) is 42.0 Å². The van der Waals surface area contributed by atoms with Crippen molar-refractivity contribution in [1.82, 2.24) is 25.1 Å². The maximum absolute atomic E-state index is 5.19. The summed E-state index contributed by atoms with van der Waals surface area (Å²) in [5.41, 5.74) is 5.31. The molecule has 0 spiro atoms. The number of hydrogen-bond acceptors (Lipinski definition) is 5. The Morgan fingerprint density at radius 3 is 2.67 bits per heavy atom. The van der Waals surface area contributed by atoms with Crippen LogP contribution in [0.2, 0.25) is 0 Å². The topological polar surface area (TPSA) is 84.4 Å². The number of rotatable bonds is 4. The molecule has 4 aromatic rings. The Morgan fingerprint density at radius 2 is 1.83 bits per heavy atom. The van der Waals surface area contributed by atoms with Gasteiger partial charge in [-0.2, -0.15) is 0 Å². The van der Waals surface area contributed by atoms with E-state index >= 15 is 0 Å². The number of nitrogens with one attached hydrogen (secondary N) is 1. The Bertz CT molecular complexity index is 1000. The average Bonchev–Trinajstić information content (AvgIpc) is 3.18. The van der Waals surface area contributed by atoms with Gasteiger partial charge in [-0.15, -0.1) is 5.10 Å². The van der Waals surface area contributed by atoms with Gasteiger partial charge >= 0.3 is 0 Å². The third kappa shape index (κ3) is 2.62. The minimum absolute atomic E-state index is 0.230. The van der Waals surface area contributed by atoms with Crippen LogP contribution in [0.1, 0.15) is 43.7 Å². The molecule has 0 saturated carbocycles. The molecule has 122 valence electrons. The van der Waals surface area contributed by atoms with E-state index in [0.717, 1.165) is 22.2 Å². The van der Waals surface area contributed by atoms with Crippen molar-refractivity contribution in [2.24, 2.45) is 0 Å². The van der Waals surface area contributed by atoms with E-state index < -0.39 is 0 Å². The average molecular weight is 323 g/mol. The van der Waals surface area contributed by atoms with Crippen molar-refractivity contribution in [2.45, 2.75) is 39.2 Å². The molecule has 0 saturated heterocycles. The van der Waals surface area contributed by atoms with Gasteiger partial charge < -0.3 is 4.42 Å². The molecule has 0 bridgehead atoms. The van der Waals surface area contributed by atoms with Gasteiger partial charge in [0.25, 0.3) is 0 Å². The Kier molecular flexibility index (Phi) is 3.48. The zero-order valence-electron chi connectivity index (χ0n) is 13.9. The summed E-state index contributed by atoms with van der Waals surface area (Å²) in [7, 11) is 0. The van der Waals surface area contributed by atoms with Gasteiger partial charge in [-0.3, -0.25) is 0 Å². The molecule has 7 heteroatoms. The van der Waals surface area contributed by atoms with Crippen molar-refractivity contribution in [3.8, 4) is 0 Å². The van der Waals surface area contributed by atoms with Gasteiger partial charge in [-0.25, -0.2) is 15.0 Å². The van der Waals surface area contributed by atoms with Crippen LogP contribution >= 0.6 is 0 Å². The van der Waals surface area contributed by atoms with Gasteiger partial charge in [-0.1, -0.05) is 20.8 Å². The molecule has 0 aliphatic heterocycles. The summed E-state index contributed by atoms with van der Waals surface area (Å²) in [6.45, 7) is 7.14. The number of nitrogens with zero attached hydrogens (tertiary/aromatic N) is 5. The number of fused-ring (bicyclic) bond motifs is 2.